The summed E-state index contributed by atoms with van der Waals surface area (Å²) < 4.78 is 41.7. The predicted octanol–water partition coefficient (Wildman–Crippen LogP) is 4.79. The number of piperidine rings is 1. The van der Waals surface area contributed by atoms with Gasteiger partial charge in [-0.25, -0.2) is 4.79 Å². The molecule has 0 saturated carbocycles. The molecule has 168 valence electrons. The van der Waals surface area contributed by atoms with E-state index >= 15 is 0 Å². The second-order valence-electron chi connectivity index (χ2n) is 7.49. The fraction of sp³-hybridized carbons (Fsp3) is 0.450. The van der Waals surface area contributed by atoms with Crippen LogP contribution in [-0.2, 0) is 0 Å². The summed E-state index contributed by atoms with van der Waals surface area (Å²) in [6, 6.07) is -0.675. The lowest BCUT2D eigenvalue weighted by Crippen LogP contribution is -2.50. The van der Waals surface area contributed by atoms with Gasteiger partial charge in [-0.3, -0.25) is 9.97 Å². The van der Waals surface area contributed by atoms with E-state index < -0.39 is 18.2 Å². The Balaban J connectivity index is 1.86. The highest BCUT2D eigenvalue weighted by molar-refractivity contribution is 6.44. The summed E-state index contributed by atoms with van der Waals surface area (Å²) in [5, 5.41) is 1.70. The Labute approximate surface area is 188 Å². The maximum absolute atomic E-state index is 13.9. The van der Waals surface area contributed by atoms with Crippen LogP contribution in [-0.4, -0.2) is 65.2 Å². The van der Waals surface area contributed by atoms with Gasteiger partial charge in [0, 0.05) is 36.6 Å². The van der Waals surface area contributed by atoms with Crippen LogP contribution in [0.3, 0.4) is 0 Å². The number of carbonyl (C=O) groups excluding carboxylic acids is 1. The van der Waals surface area contributed by atoms with Crippen LogP contribution in [0.25, 0.3) is 11.3 Å². The Kier molecular flexibility index (Phi) is 7.28. The van der Waals surface area contributed by atoms with E-state index in [0.29, 0.717) is 24.1 Å². The molecule has 3 rings (SSSR count). The number of urea groups is 1. The van der Waals surface area contributed by atoms with E-state index in [0.717, 1.165) is 13.1 Å². The third-order valence-electron chi connectivity index (χ3n) is 5.41. The first-order chi connectivity index (χ1) is 14.6. The van der Waals surface area contributed by atoms with Gasteiger partial charge < -0.3 is 15.1 Å². The second-order valence-corrected chi connectivity index (χ2v) is 8.25. The minimum atomic E-state index is -4.77. The molecule has 0 spiro atoms. The highest BCUT2D eigenvalue weighted by Crippen LogP contribution is 2.42. The molecule has 0 unspecified atom stereocenters. The van der Waals surface area contributed by atoms with Crippen molar-refractivity contribution in [1.29, 1.82) is 0 Å². The fourth-order valence-electron chi connectivity index (χ4n) is 3.53. The van der Waals surface area contributed by atoms with Crippen LogP contribution in [0.5, 0.6) is 0 Å². The lowest BCUT2D eigenvalue weighted by molar-refractivity contribution is -0.155. The number of rotatable bonds is 4. The van der Waals surface area contributed by atoms with Crippen LogP contribution in [0.2, 0.25) is 10.0 Å². The summed E-state index contributed by atoms with van der Waals surface area (Å²) >= 11 is 12.5. The molecule has 1 aliphatic rings. The van der Waals surface area contributed by atoms with E-state index in [-0.39, 0.29) is 21.7 Å². The van der Waals surface area contributed by atoms with Crippen LogP contribution in [0.15, 0.2) is 30.7 Å². The molecule has 2 amide bonds. The van der Waals surface area contributed by atoms with Crippen molar-refractivity contribution in [2.24, 2.45) is 0 Å². The minimum absolute atomic E-state index is 0.0909. The van der Waals surface area contributed by atoms with Crippen LogP contribution in [0, 0.1) is 0 Å². The molecule has 6 nitrogen and oxygen atoms in total. The van der Waals surface area contributed by atoms with Crippen LogP contribution in [0.1, 0.15) is 24.4 Å². The molecule has 11 heteroatoms. The highest BCUT2D eigenvalue weighted by atomic mass is 35.5. The smallest absolute Gasteiger partial charge is 0.325 e. The maximum atomic E-state index is 13.9. The van der Waals surface area contributed by atoms with Gasteiger partial charge in [0.15, 0.2) is 6.04 Å². The first-order valence-electron chi connectivity index (χ1n) is 9.62. The Morgan fingerprint density at radius 2 is 1.90 bits per heavy atom. The largest absolute Gasteiger partial charge is 0.412 e. The molecule has 0 aliphatic carbocycles. The van der Waals surface area contributed by atoms with Gasteiger partial charge in [0.2, 0.25) is 0 Å². The summed E-state index contributed by atoms with van der Waals surface area (Å²) in [6.07, 6.45) is 0.933. The topological polar surface area (TPSA) is 61.4 Å². The Morgan fingerprint density at radius 3 is 2.48 bits per heavy atom. The van der Waals surface area contributed by atoms with Crippen molar-refractivity contribution < 1.29 is 18.0 Å². The third kappa shape index (κ3) is 5.39. The van der Waals surface area contributed by atoms with E-state index in [2.05, 4.69) is 20.2 Å². The number of hydrogen-bond donors (Lipinski definition) is 1. The fourth-order valence-corrected chi connectivity index (χ4v) is 4.08. The van der Waals surface area contributed by atoms with Crippen molar-refractivity contribution in [3.05, 3.63) is 46.3 Å². The number of nitrogens with zero attached hydrogens (tertiary/aromatic N) is 4. The number of benzene rings is 1. The van der Waals surface area contributed by atoms with Gasteiger partial charge in [0.05, 0.1) is 21.9 Å². The third-order valence-corrected chi connectivity index (χ3v) is 6.31. The zero-order valence-electron chi connectivity index (χ0n) is 17.0. The summed E-state index contributed by atoms with van der Waals surface area (Å²) in [5.74, 6) is 0. The van der Waals surface area contributed by atoms with Gasteiger partial charge in [-0.2, -0.15) is 13.2 Å². The first-order valence-corrected chi connectivity index (χ1v) is 10.4. The summed E-state index contributed by atoms with van der Waals surface area (Å²) in [7, 11) is 3.47. The Bertz CT molecular complexity index is 921. The Hall–Kier alpha value is -2.10. The van der Waals surface area contributed by atoms with Gasteiger partial charge in [-0.1, -0.05) is 35.3 Å². The molecule has 1 saturated heterocycles. The average molecular weight is 476 g/mol. The van der Waals surface area contributed by atoms with E-state index in [1.807, 2.05) is 7.05 Å². The number of alkyl halides is 3. The minimum Gasteiger partial charge on any atom is -0.325 e. The van der Waals surface area contributed by atoms with Crippen LogP contribution in [0.4, 0.5) is 18.0 Å². The molecule has 1 fully saturated rings. The highest BCUT2D eigenvalue weighted by Gasteiger charge is 2.44. The Morgan fingerprint density at radius 1 is 1.23 bits per heavy atom. The maximum Gasteiger partial charge on any atom is 0.412 e. The number of nitrogens with one attached hydrogen (secondary N) is 1. The second kappa shape index (κ2) is 9.58. The monoisotopic (exact) mass is 475 g/mol. The number of halogens is 5. The van der Waals surface area contributed by atoms with Crippen molar-refractivity contribution in [1.82, 2.24) is 25.1 Å². The van der Waals surface area contributed by atoms with Gasteiger partial charge in [0.25, 0.3) is 0 Å². The molecule has 0 radical (unpaired) electrons. The number of likely N-dealkylation sites (tertiary alicyclic amines) is 1. The first kappa shape index (κ1) is 23.6. The average Bonchev–Trinajstić information content (AvgIpc) is 2.74. The summed E-state index contributed by atoms with van der Waals surface area (Å²) in [5.41, 5.74) is 0.381. The van der Waals surface area contributed by atoms with Gasteiger partial charge in [-0.15, -0.1) is 0 Å². The molecule has 1 aromatic carbocycles. The molecule has 1 aromatic heterocycles. The zero-order valence-corrected chi connectivity index (χ0v) is 18.5. The van der Waals surface area contributed by atoms with E-state index in [4.69, 9.17) is 23.2 Å². The van der Waals surface area contributed by atoms with E-state index in [1.54, 1.807) is 0 Å². The molecule has 1 atom stereocenters. The quantitative estimate of drug-likeness (QED) is 0.690. The molecule has 2 aromatic rings. The lowest BCUT2D eigenvalue weighted by atomic mass is 10.0. The molecule has 1 aliphatic heterocycles. The predicted molar refractivity (Wildman–Crippen MR) is 113 cm³/mol. The normalized spacial score (nSPS) is 16.7. The summed E-state index contributed by atoms with van der Waals surface area (Å²) in [6.45, 7) is 1.55. The SMILES string of the molecule is CN1CCC(N(C)C(=O)N[C@@H](c2ccc(-c3cnccn3)c(Cl)c2Cl)C(F)(F)F)CC1. The number of carbonyl (C=O) groups is 1. The summed E-state index contributed by atoms with van der Waals surface area (Å²) in [4.78, 5) is 24.1. The van der Waals surface area contributed by atoms with Crippen molar-refractivity contribution >= 4 is 29.2 Å². The van der Waals surface area contributed by atoms with Crippen LogP contribution >= 0.6 is 23.2 Å². The van der Waals surface area contributed by atoms with Crippen molar-refractivity contribution in [2.45, 2.75) is 31.1 Å². The number of amides is 2. The molecule has 2 heterocycles. The molecule has 0 bridgehead atoms. The molecule has 31 heavy (non-hydrogen) atoms. The van der Waals surface area contributed by atoms with Crippen molar-refractivity contribution in [2.75, 3.05) is 27.2 Å². The standard InChI is InChI=1S/C20H22Cl2F3N5O/c1-29-9-5-12(6-10-29)30(2)19(31)28-18(20(23,24)25)14-4-3-13(16(21)17(14)22)15-11-26-7-8-27-15/h3-4,7-8,11-12,18H,5-6,9-10H2,1-2H3,(H,28,31)/t18-/m0/s1. The number of aromatic nitrogens is 2. The van der Waals surface area contributed by atoms with Gasteiger partial charge in [-0.05, 0) is 33.0 Å². The van der Waals surface area contributed by atoms with E-state index in [9.17, 15) is 18.0 Å². The van der Waals surface area contributed by atoms with Crippen molar-refractivity contribution in [3.63, 3.8) is 0 Å². The van der Waals surface area contributed by atoms with E-state index in [1.165, 1.54) is 42.7 Å². The van der Waals surface area contributed by atoms with Gasteiger partial charge in [0.1, 0.15) is 0 Å². The molecular formula is C20H22Cl2F3N5O. The van der Waals surface area contributed by atoms with Crippen LogP contribution < -0.4 is 5.32 Å². The molecule has 1 N–H and O–H groups in total. The number of hydrogen-bond acceptors (Lipinski definition) is 4. The van der Waals surface area contributed by atoms with Crippen molar-refractivity contribution in [3.8, 4) is 11.3 Å². The van der Waals surface area contributed by atoms with Gasteiger partial charge >= 0.3 is 12.2 Å². The molecular weight excluding hydrogens is 454 g/mol. The lowest BCUT2D eigenvalue weighted by Gasteiger charge is -2.36. The zero-order chi connectivity index (χ0) is 22.8.